The molecule has 0 aliphatic carbocycles. The molecule has 0 radical (unpaired) electrons. The highest BCUT2D eigenvalue weighted by Crippen LogP contribution is 2.09. The van der Waals surface area contributed by atoms with E-state index in [1.807, 2.05) is 0 Å². The second kappa shape index (κ2) is 4.18. The average molecular weight is 194 g/mol. The fourth-order valence-corrected chi connectivity index (χ4v) is 1.61. The minimum absolute atomic E-state index is 0.221. The molecular weight excluding hydrogens is 172 g/mol. The minimum atomic E-state index is 0.221. The summed E-state index contributed by atoms with van der Waals surface area (Å²) in [6, 6.07) is 2.24. The van der Waals surface area contributed by atoms with Crippen LogP contribution in [0, 0.1) is 13.8 Å². The summed E-state index contributed by atoms with van der Waals surface area (Å²) in [4.78, 5) is 3.33. The summed E-state index contributed by atoms with van der Waals surface area (Å²) < 4.78 is 0. The van der Waals surface area contributed by atoms with Crippen LogP contribution in [0.15, 0.2) is 6.07 Å². The molecule has 0 fully saturated rings. The molecule has 1 heterocycles. The van der Waals surface area contributed by atoms with Gasteiger partial charge in [0, 0.05) is 16.9 Å². The Morgan fingerprint density at radius 1 is 1.29 bits per heavy atom. The molecule has 0 unspecified atom stereocenters. The van der Waals surface area contributed by atoms with E-state index in [-0.39, 0.29) is 5.54 Å². The Kier molecular flexibility index (Phi) is 3.38. The third-order valence-corrected chi connectivity index (χ3v) is 2.31. The molecule has 1 rings (SSSR count). The molecule has 0 bridgehead atoms. The zero-order valence-electron chi connectivity index (χ0n) is 9.99. The van der Waals surface area contributed by atoms with Gasteiger partial charge in [-0.2, -0.15) is 0 Å². The minimum Gasteiger partial charge on any atom is -0.362 e. The summed E-state index contributed by atoms with van der Waals surface area (Å²) >= 11 is 0. The van der Waals surface area contributed by atoms with Crippen LogP contribution in [0.2, 0.25) is 0 Å². The Bertz CT molecular complexity index is 292. The zero-order valence-corrected chi connectivity index (χ0v) is 9.99. The molecule has 0 amide bonds. The quantitative estimate of drug-likeness (QED) is 0.760. The molecule has 0 spiro atoms. The first-order valence-corrected chi connectivity index (χ1v) is 5.28. The normalized spacial score (nSPS) is 12.1. The number of hydrogen-bond donors (Lipinski definition) is 2. The number of nitrogens with one attached hydrogen (secondary N) is 2. The van der Waals surface area contributed by atoms with Crippen molar-refractivity contribution < 1.29 is 0 Å². The fraction of sp³-hybridized carbons (Fsp3) is 0.667. The van der Waals surface area contributed by atoms with Crippen molar-refractivity contribution in [3.63, 3.8) is 0 Å². The lowest BCUT2D eigenvalue weighted by Gasteiger charge is -2.20. The van der Waals surface area contributed by atoms with E-state index in [1.165, 1.54) is 17.0 Å². The van der Waals surface area contributed by atoms with Gasteiger partial charge < -0.3 is 10.3 Å². The SMILES string of the molecule is Cc1cc(CCNC(C)(C)C)c(C)[nH]1. The van der Waals surface area contributed by atoms with Crippen LogP contribution in [0.3, 0.4) is 0 Å². The lowest BCUT2D eigenvalue weighted by Crippen LogP contribution is -2.37. The summed E-state index contributed by atoms with van der Waals surface area (Å²) in [5.74, 6) is 0. The van der Waals surface area contributed by atoms with Crippen molar-refractivity contribution in [1.29, 1.82) is 0 Å². The largest absolute Gasteiger partial charge is 0.362 e. The molecule has 1 aromatic rings. The predicted molar refractivity (Wildman–Crippen MR) is 61.7 cm³/mol. The monoisotopic (exact) mass is 194 g/mol. The van der Waals surface area contributed by atoms with Gasteiger partial charge in [-0.05, 0) is 59.2 Å². The van der Waals surface area contributed by atoms with Gasteiger partial charge in [0.1, 0.15) is 0 Å². The fourth-order valence-electron chi connectivity index (χ4n) is 1.61. The van der Waals surface area contributed by atoms with Gasteiger partial charge in [-0.25, -0.2) is 0 Å². The molecular formula is C12H22N2. The Balaban J connectivity index is 2.42. The maximum Gasteiger partial charge on any atom is 0.0150 e. The standard InChI is InChI=1S/C12H22N2/c1-9-8-11(10(2)14-9)6-7-13-12(3,4)5/h8,13-14H,6-7H2,1-5H3. The molecule has 0 saturated heterocycles. The third-order valence-electron chi connectivity index (χ3n) is 2.31. The smallest absolute Gasteiger partial charge is 0.0150 e. The van der Waals surface area contributed by atoms with E-state index in [9.17, 15) is 0 Å². The number of hydrogen-bond acceptors (Lipinski definition) is 1. The van der Waals surface area contributed by atoms with E-state index >= 15 is 0 Å². The number of H-pyrrole nitrogens is 1. The van der Waals surface area contributed by atoms with Crippen molar-refractivity contribution >= 4 is 0 Å². The topological polar surface area (TPSA) is 27.8 Å². The summed E-state index contributed by atoms with van der Waals surface area (Å²) in [6.07, 6.45) is 1.10. The van der Waals surface area contributed by atoms with Crippen LogP contribution in [0.1, 0.15) is 37.7 Å². The average Bonchev–Trinajstić information content (AvgIpc) is 2.27. The first-order valence-electron chi connectivity index (χ1n) is 5.28. The molecule has 0 aliphatic heterocycles. The van der Waals surface area contributed by atoms with Crippen molar-refractivity contribution in [2.24, 2.45) is 0 Å². The molecule has 2 N–H and O–H groups in total. The first-order chi connectivity index (χ1) is 6.38. The highest BCUT2D eigenvalue weighted by Gasteiger charge is 2.08. The van der Waals surface area contributed by atoms with Crippen LogP contribution in [-0.2, 0) is 6.42 Å². The molecule has 0 atom stereocenters. The Morgan fingerprint density at radius 3 is 2.36 bits per heavy atom. The number of aromatic nitrogens is 1. The van der Waals surface area contributed by atoms with Crippen molar-refractivity contribution in [1.82, 2.24) is 10.3 Å². The Hall–Kier alpha value is -0.760. The van der Waals surface area contributed by atoms with Crippen molar-refractivity contribution in [2.45, 2.75) is 46.6 Å². The molecule has 2 nitrogen and oxygen atoms in total. The van der Waals surface area contributed by atoms with E-state index in [0.29, 0.717) is 0 Å². The lowest BCUT2D eigenvalue weighted by molar-refractivity contribution is 0.429. The predicted octanol–water partition coefficient (Wildman–Crippen LogP) is 2.56. The number of aryl methyl sites for hydroxylation is 2. The number of aromatic amines is 1. The maximum atomic E-state index is 3.49. The van der Waals surface area contributed by atoms with Crippen LogP contribution in [0.25, 0.3) is 0 Å². The van der Waals surface area contributed by atoms with Crippen LogP contribution in [0.5, 0.6) is 0 Å². The molecule has 0 saturated carbocycles. The number of rotatable bonds is 3. The van der Waals surface area contributed by atoms with E-state index in [2.05, 4.69) is 51.0 Å². The molecule has 0 aromatic carbocycles. The van der Waals surface area contributed by atoms with Crippen LogP contribution >= 0.6 is 0 Å². The van der Waals surface area contributed by atoms with Crippen molar-refractivity contribution in [3.05, 3.63) is 23.0 Å². The van der Waals surface area contributed by atoms with Crippen LogP contribution in [-0.4, -0.2) is 17.1 Å². The van der Waals surface area contributed by atoms with Gasteiger partial charge in [0.2, 0.25) is 0 Å². The molecule has 0 aliphatic rings. The van der Waals surface area contributed by atoms with Gasteiger partial charge in [-0.15, -0.1) is 0 Å². The Morgan fingerprint density at radius 2 is 1.93 bits per heavy atom. The van der Waals surface area contributed by atoms with E-state index in [0.717, 1.165) is 13.0 Å². The molecule has 14 heavy (non-hydrogen) atoms. The van der Waals surface area contributed by atoms with Crippen molar-refractivity contribution in [3.8, 4) is 0 Å². The summed E-state index contributed by atoms with van der Waals surface area (Å²) in [5, 5.41) is 3.49. The summed E-state index contributed by atoms with van der Waals surface area (Å²) in [5.41, 5.74) is 4.21. The Labute approximate surface area is 87.1 Å². The highest BCUT2D eigenvalue weighted by molar-refractivity contribution is 5.24. The summed E-state index contributed by atoms with van der Waals surface area (Å²) in [7, 11) is 0. The van der Waals surface area contributed by atoms with Gasteiger partial charge in [-0.3, -0.25) is 0 Å². The lowest BCUT2D eigenvalue weighted by atomic mass is 10.1. The molecule has 1 aromatic heterocycles. The van der Waals surface area contributed by atoms with Crippen LogP contribution in [0.4, 0.5) is 0 Å². The van der Waals surface area contributed by atoms with E-state index in [4.69, 9.17) is 0 Å². The molecule has 80 valence electrons. The van der Waals surface area contributed by atoms with Gasteiger partial charge in [-0.1, -0.05) is 0 Å². The second-order valence-electron chi connectivity index (χ2n) is 5.03. The van der Waals surface area contributed by atoms with Gasteiger partial charge >= 0.3 is 0 Å². The van der Waals surface area contributed by atoms with E-state index in [1.54, 1.807) is 0 Å². The maximum absolute atomic E-state index is 3.49. The van der Waals surface area contributed by atoms with Gasteiger partial charge in [0.15, 0.2) is 0 Å². The third kappa shape index (κ3) is 3.54. The van der Waals surface area contributed by atoms with Crippen molar-refractivity contribution in [2.75, 3.05) is 6.54 Å². The van der Waals surface area contributed by atoms with Crippen LogP contribution < -0.4 is 5.32 Å². The second-order valence-corrected chi connectivity index (χ2v) is 5.03. The van der Waals surface area contributed by atoms with Gasteiger partial charge in [0.05, 0.1) is 0 Å². The van der Waals surface area contributed by atoms with E-state index < -0.39 is 0 Å². The zero-order chi connectivity index (χ0) is 10.8. The summed E-state index contributed by atoms with van der Waals surface area (Å²) in [6.45, 7) is 11.9. The molecule has 2 heteroatoms. The van der Waals surface area contributed by atoms with Gasteiger partial charge in [0.25, 0.3) is 0 Å². The first kappa shape index (κ1) is 11.3. The highest BCUT2D eigenvalue weighted by atomic mass is 14.9.